The Morgan fingerprint density at radius 3 is 2.48 bits per heavy atom. The van der Waals surface area contributed by atoms with Crippen LogP contribution in [-0.2, 0) is 4.79 Å². The van der Waals surface area contributed by atoms with Crippen LogP contribution in [0.15, 0.2) is 59.3 Å². The lowest BCUT2D eigenvalue weighted by molar-refractivity contribution is -0.125. The molecular weight excluding hydrogens is 380 g/mol. The number of allylic oxidation sites excluding steroid dienone is 4. The van der Waals surface area contributed by atoms with E-state index in [9.17, 15) is 4.79 Å². The van der Waals surface area contributed by atoms with Crippen molar-refractivity contribution < 1.29 is 9.53 Å². The Hall–Kier alpha value is -2.53. The highest BCUT2D eigenvalue weighted by Crippen LogP contribution is 2.20. The van der Waals surface area contributed by atoms with Crippen LogP contribution in [0.2, 0.25) is 0 Å². The largest absolute Gasteiger partial charge is 0.470 e. The molecule has 0 saturated carbocycles. The predicted molar refractivity (Wildman–Crippen MR) is 128 cm³/mol. The van der Waals surface area contributed by atoms with Gasteiger partial charge in [-0.1, -0.05) is 37.5 Å². The molecule has 0 aliphatic rings. The number of ether oxygens (including phenoxy) is 1. The molecule has 0 aromatic heterocycles. The molecule has 1 N–H and O–H groups in total. The van der Waals surface area contributed by atoms with Crippen molar-refractivity contribution in [2.24, 2.45) is 4.99 Å². The molecule has 1 unspecified atom stereocenters. The summed E-state index contributed by atoms with van der Waals surface area (Å²) in [6.45, 7) is 17.4. The SMILES string of the molecule is C=CC(=C/C)/C=c1/cc(OC(SC)C(=O)NC(C)(C)/C(=C/C)N=CC)ccc1=C. The van der Waals surface area contributed by atoms with Gasteiger partial charge in [-0.25, -0.2) is 0 Å². The standard InChI is InChI=1S/C24H32N2O2S/c1-9-18(10-2)15-19-16-20(14-13-17(19)5)28-23(29-8)22(27)26-24(6,7)21(11-3)25-12-4/h9-16,23H,1,5H2,2-4,6-8H3,(H,26,27)/b18-10-,19-15-,21-11-,25-12?. The van der Waals surface area contributed by atoms with Crippen molar-refractivity contribution >= 4 is 36.5 Å². The molecule has 0 aliphatic heterocycles. The van der Waals surface area contributed by atoms with Crippen molar-refractivity contribution in [3.63, 3.8) is 0 Å². The summed E-state index contributed by atoms with van der Waals surface area (Å²) < 4.78 is 5.99. The lowest BCUT2D eigenvalue weighted by Gasteiger charge is -2.29. The molecule has 0 fully saturated rings. The van der Waals surface area contributed by atoms with Gasteiger partial charge in [0, 0.05) is 6.21 Å². The van der Waals surface area contributed by atoms with E-state index in [-0.39, 0.29) is 5.91 Å². The van der Waals surface area contributed by atoms with Gasteiger partial charge in [-0.15, -0.1) is 11.8 Å². The van der Waals surface area contributed by atoms with Gasteiger partial charge in [0.2, 0.25) is 5.44 Å². The lowest BCUT2D eigenvalue weighted by Crippen LogP contribution is -2.49. The molecule has 0 heterocycles. The topological polar surface area (TPSA) is 50.7 Å². The molecule has 0 radical (unpaired) electrons. The summed E-state index contributed by atoms with van der Waals surface area (Å²) in [4.78, 5) is 17.2. The van der Waals surface area contributed by atoms with Crippen LogP contribution in [0.5, 0.6) is 5.75 Å². The molecule has 1 atom stereocenters. The first-order valence-electron chi connectivity index (χ1n) is 9.48. The van der Waals surface area contributed by atoms with E-state index in [1.165, 1.54) is 11.8 Å². The van der Waals surface area contributed by atoms with E-state index in [4.69, 9.17) is 4.74 Å². The number of nitrogens with zero attached hydrogens (tertiary/aromatic N) is 1. The molecule has 1 rings (SSSR count). The van der Waals surface area contributed by atoms with Crippen molar-refractivity contribution in [1.29, 1.82) is 0 Å². The maximum Gasteiger partial charge on any atom is 0.272 e. The molecular formula is C24H32N2O2S. The van der Waals surface area contributed by atoms with Crippen LogP contribution in [0.25, 0.3) is 12.7 Å². The summed E-state index contributed by atoms with van der Waals surface area (Å²) in [5.41, 5.74) is 0.469. The molecule has 1 amide bonds. The van der Waals surface area contributed by atoms with E-state index in [2.05, 4.69) is 23.5 Å². The highest BCUT2D eigenvalue weighted by molar-refractivity contribution is 7.99. The second kappa shape index (κ2) is 11.5. The normalized spacial score (nSPS) is 14.8. The number of aliphatic imine (C=N–C) groups is 1. The van der Waals surface area contributed by atoms with Crippen LogP contribution in [0.3, 0.4) is 0 Å². The zero-order valence-electron chi connectivity index (χ0n) is 18.3. The van der Waals surface area contributed by atoms with E-state index in [0.29, 0.717) is 5.75 Å². The minimum atomic E-state index is -0.693. The number of benzene rings is 1. The fourth-order valence-corrected chi connectivity index (χ4v) is 3.20. The third-order valence-electron chi connectivity index (χ3n) is 4.30. The second-order valence-electron chi connectivity index (χ2n) is 6.86. The number of thioether (sulfide) groups is 1. The number of hydrogen-bond donors (Lipinski definition) is 1. The smallest absolute Gasteiger partial charge is 0.272 e. The van der Waals surface area contributed by atoms with Gasteiger partial charge in [0.25, 0.3) is 5.91 Å². The van der Waals surface area contributed by atoms with Crippen molar-refractivity contribution in [1.82, 2.24) is 5.32 Å². The molecule has 0 bridgehead atoms. The van der Waals surface area contributed by atoms with Crippen molar-refractivity contribution in [3.05, 3.63) is 64.7 Å². The molecule has 0 saturated heterocycles. The van der Waals surface area contributed by atoms with Crippen LogP contribution < -0.4 is 20.5 Å². The Morgan fingerprint density at radius 2 is 1.97 bits per heavy atom. The molecule has 4 nitrogen and oxygen atoms in total. The Kier molecular flexibility index (Phi) is 9.69. The fraction of sp³-hybridized carbons (Fsp3) is 0.333. The Balaban J connectivity index is 3.11. The summed E-state index contributed by atoms with van der Waals surface area (Å²) in [5, 5.41) is 4.83. The van der Waals surface area contributed by atoms with E-state index in [0.717, 1.165) is 21.7 Å². The molecule has 1 aromatic rings. The van der Waals surface area contributed by atoms with Gasteiger partial charge in [0.15, 0.2) is 0 Å². The average molecular weight is 413 g/mol. The summed E-state index contributed by atoms with van der Waals surface area (Å²) in [6, 6.07) is 5.59. The monoisotopic (exact) mass is 412 g/mol. The van der Waals surface area contributed by atoms with Crippen molar-refractivity contribution in [2.45, 2.75) is 45.6 Å². The fourth-order valence-electron chi connectivity index (χ4n) is 2.72. The van der Waals surface area contributed by atoms with Gasteiger partial charge < -0.3 is 10.1 Å². The van der Waals surface area contributed by atoms with Crippen LogP contribution in [0.4, 0.5) is 0 Å². The second-order valence-corrected chi connectivity index (χ2v) is 7.76. The first kappa shape index (κ1) is 24.5. The zero-order valence-corrected chi connectivity index (χ0v) is 19.1. The number of carbonyl (C=O) groups is 1. The van der Waals surface area contributed by atoms with Gasteiger partial charge in [-0.3, -0.25) is 9.79 Å². The maximum atomic E-state index is 12.9. The number of carbonyl (C=O) groups excluding carboxylic acids is 1. The summed E-state index contributed by atoms with van der Waals surface area (Å²) in [6.07, 6.45) is 11.2. The number of amides is 1. The van der Waals surface area contributed by atoms with Crippen LogP contribution in [0.1, 0.15) is 34.6 Å². The molecule has 5 heteroatoms. The minimum Gasteiger partial charge on any atom is -0.470 e. The van der Waals surface area contributed by atoms with Gasteiger partial charge in [-0.2, -0.15) is 0 Å². The lowest BCUT2D eigenvalue weighted by atomic mass is 10.0. The first-order chi connectivity index (χ1) is 13.7. The van der Waals surface area contributed by atoms with Crippen LogP contribution >= 0.6 is 11.8 Å². The summed E-state index contributed by atoms with van der Waals surface area (Å²) in [7, 11) is 0. The summed E-state index contributed by atoms with van der Waals surface area (Å²) in [5.74, 6) is 0.394. The Bertz CT molecular complexity index is 927. The van der Waals surface area contributed by atoms with Gasteiger partial charge in [-0.05, 0) is 75.1 Å². The van der Waals surface area contributed by atoms with Gasteiger partial charge in [0.05, 0.1) is 11.2 Å². The average Bonchev–Trinajstić information content (AvgIpc) is 2.69. The predicted octanol–water partition coefficient (Wildman–Crippen LogP) is 3.97. The van der Waals surface area contributed by atoms with Crippen molar-refractivity contribution in [2.75, 3.05) is 6.26 Å². The highest BCUT2D eigenvalue weighted by Gasteiger charge is 2.29. The van der Waals surface area contributed by atoms with E-state index in [1.54, 1.807) is 12.3 Å². The quantitative estimate of drug-likeness (QED) is 0.379. The number of hydrogen-bond acceptors (Lipinski definition) is 4. The van der Waals surface area contributed by atoms with E-state index >= 15 is 0 Å². The molecule has 29 heavy (non-hydrogen) atoms. The van der Waals surface area contributed by atoms with E-state index < -0.39 is 11.0 Å². The third-order valence-corrected chi connectivity index (χ3v) is 5.04. The van der Waals surface area contributed by atoms with Crippen molar-refractivity contribution in [3.8, 4) is 5.75 Å². The molecule has 0 spiro atoms. The summed E-state index contributed by atoms with van der Waals surface area (Å²) >= 11 is 1.33. The molecule has 1 aromatic carbocycles. The van der Waals surface area contributed by atoms with Gasteiger partial charge >= 0.3 is 0 Å². The molecule has 0 aliphatic carbocycles. The van der Waals surface area contributed by atoms with Crippen LogP contribution in [0, 0.1) is 0 Å². The Labute approximate surface area is 178 Å². The number of rotatable bonds is 9. The van der Waals surface area contributed by atoms with Gasteiger partial charge in [0.1, 0.15) is 5.75 Å². The zero-order chi connectivity index (χ0) is 22.0. The molecule has 156 valence electrons. The third kappa shape index (κ3) is 7.09. The Morgan fingerprint density at radius 1 is 1.28 bits per heavy atom. The highest BCUT2D eigenvalue weighted by atomic mass is 32.2. The first-order valence-corrected chi connectivity index (χ1v) is 10.8. The van der Waals surface area contributed by atoms with E-state index in [1.807, 2.05) is 77.3 Å². The van der Waals surface area contributed by atoms with Crippen LogP contribution in [-0.4, -0.2) is 29.4 Å². The number of nitrogens with one attached hydrogen (secondary N) is 1. The maximum absolute atomic E-state index is 12.9. The minimum absolute atomic E-state index is 0.211.